The third kappa shape index (κ3) is 4.22. The molecule has 26 heavy (non-hydrogen) atoms. The molecule has 1 saturated carbocycles. The van der Waals surface area contributed by atoms with Crippen LogP contribution in [0.3, 0.4) is 0 Å². The highest BCUT2D eigenvalue weighted by Crippen LogP contribution is 2.40. The van der Waals surface area contributed by atoms with E-state index in [1.165, 1.54) is 20.0 Å². The second-order valence-corrected chi connectivity index (χ2v) is 6.86. The molecule has 1 amide bonds. The molecule has 7 nitrogen and oxygen atoms in total. The van der Waals surface area contributed by atoms with Crippen LogP contribution in [0, 0.1) is 5.92 Å². The van der Waals surface area contributed by atoms with Crippen molar-refractivity contribution >= 4 is 23.3 Å². The number of hydrogen-bond acceptors (Lipinski definition) is 5. The van der Waals surface area contributed by atoms with Gasteiger partial charge in [-0.05, 0) is 43.4 Å². The molecule has 140 valence electrons. The van der Waals surface area contributed by atoms with Crippen LogP contribution in [0.5, 0.6) is 11.5 Å². The lowest BCUT2D eigenvalue weighted by atomic mass is 10.2. The minimum Gasteiger partial charge on any atom is -0.493 e. The van der Waals surface area contributed by atoms with Gasteiger partial charge in [-0.15, -0.1) is 0 Å². The zero-order valence-corrected chi connectivity index (χ0v) is 15.6. The van der Waals surface area contributed by atoms with Crippen LogP contribution in [0.4, 0.5) is 5.82 Å². The fourth-order valence-electron chi connectivity index (χ4n) is 2.91. The molecule has 0 spiro atoms. The minimum atomic E-state index is -0.577. The van der Waals surface area contributed by atoms with Crippen molar-refractivity contribution < 1.29 is 14.3 Å². The largest absolute Gasteiger partial charge is 0.493 e. The lowest BCUT2D eigenvalue weighted by Gasteiger charge is -2.17. The molecule has 0 radical (unpaired) electrons. The van der Waals surface area contributed by atoms with E-state index in [1.807, 2.05) is 16.8 Å². The molecule has 2 aromatic rings. The van der Waals surface area contributed by atoms with Gasteiger partial charge >= 0.3 is 0 Å². The van der Waals surface area contributed by atoms with Crippen LogP contribution in [0.1, 0.15) is 31.4 Å². The number of methoxy groups -OCH3 is 1. The number of anilines is 1. The molecule has 1 aromatic carbocycles. The Hall–Kier alpha value is -2.41. The quantitative estimate of drug-likeness (QED) is 0.699. The Morgan fingerprint density at radius 3 is 2.92 bits per heavy atom. The Kier molecular flexibility index (Phi) is 5.56. The highest BCUT2D eigenvalue weighted by Gasteiger charge is 2.30. The molecular weight excluding hydrogens is 356 g/mol. The summed E-state index contributed by atoms with van der Waals surface area (Å²) in [6.45, 7) is 2.49. The topological polar surface area (TPSA) is 91.4 Å². The number of nitrogens with two attached hydrogens (primary N) is 1. The smallest absolute Gasteiger partial charge is 0.255 e. The van der Waals surface area contributed by atoms with Crippen molar-refractivity contribution in [3.63, 3.8) is 0 Å². The van der Waals surface area contributed by atoms with Gasteiger partial charge < -0.3 is 20.5 Å². The maximum absolute atomic E-state index is 10.9. The Labute approximate surface area is 157 Å². The van der Waals surface area contributed by atoms with Crippen LogP contribution in [-0.2, 0) is 11.3 Å². The summed E-state index contributed by atoms with van der Waals surface area (Å²) in [5.74, 6) is 1.87. The van der Waals surface area contributed by atoms with Crippen molar-refractivity contribution in [1.82, 2.24) is 9.78 Å². The predicted octanol–water partition coefficient (Wildman–Crippen LogP) is 2.99. The summed E-state index contributed by atoms with van der Waals surface area (Å²) in [7, 11) is 1.52. The van der Waals surface area contributed by atoms with E-state index in [0.29, 0.717) is 35.0 Å². The molecule has 1 heterocycles. The van der Waals surface area contributed by atoms with E-state index in [9.17, 15) is 4.79 Å². The van der Waals surface area contributed by atoms with Gasteiger partial charge in [0.25, 0.3) is 5.91 Å². The number of primary amides is 1. The van der Waals surface area contributed by atoms with E-state index in [4.69, 9.17) is 26.8 Å². The Bertz CT molecular complexity index is 789. The number of amides is 1. The molecule has 3 N–H and O–H groups in total. The Balaban J connectivity index is 1.71. The van der Waals surface area contributed by atoms with E-state index >= 15 is 0 Å². The Morgan fingerprint density at radius 2 is 2.27 bits per heavy atom. The lowest BCUT2D eigenvalue weighted by Crippen LogP contribution is -2.20. The number of hydrogen-bond donors (Lipinski definition) is 2. The van der Waals surface area contributed by atoms with Gasteiger partial charge in [0.2, 0.25) is 0 Å². The van der Waals surface area contributed by atoms with Crippen molar-refractivity contribution in [2.24, 2.45) is 11.7 Å². The van der Waals surface area contributed by atoms with E-state index in [0.717, 1.165) is 11.4 Å². The number of carbonyl (C=O) groups is 1. The average Bonchev–Trinajstić information content (AvgIpc) is 3.35. The summed E-state index contributed by atoms with van der Waals surface area (Å²) in [5.41, 5.74) is 6.03. The molecule has 8 heteroatoms. The maximum atomic E-state index is 10.9. The average molecular weight is 379 g/mol. The van der Waals surface area contributed by atoms with Gasteiger partial charge in [0, 0.05) is 12.6 Å². The molecule has 1 aromatic heterocycles. The van der Waals surface area contributed by atoms with Gasteiger partial charge in [0.15, 0.2) is 18.1 Å². The van der Waals surface area contributed by atoms with Crippen molar-refractivity contribution in [1.29, 1.82) is 0 Å². The zero-order chi connectivity index (χ0) is 18.7. The van der Waals surface area contributed by atoms with Gasteiger partial charge in [0.05, 0.1) is 24.4 Å². The molecule has 0 bridgehead atoms. The first kappa shape index (κ1) is 18.4. The van der Waals surface area contributed by atoms with Gasteiger partial charge in [-0.1, -0.05) is 11.6 Å². The third-order valence-electron chi connectivity index (χ3n) is 4.48. The van der Waals surface area contributed by atoms with Gasteiger partial charge in [-0.2, -0.15) is 5.10 Å². The minimum absolute atomic E-state index is 0.258. The third-order valence-corrected chi connectivity index (χ3v) is 4.76. The highest BCUT2D eigenvalue weighted by molar-refractivity contribution is 6.32. The monoisotopic (exact) mass is 378 g/mol. The van der Waals surface area contributed by atoms with E-state index < -0.39 is 5.91 Å². The van der Waals surface area contributed by atoms with E-state index in [2.05, 4.69) is 17.3 Å². The normalized spacial score (nSPS) is 14.7. The van der Waals surface area contributed by atoms with Crippen LogP contribution < -0.4 is 20.5 Å². The zero-order valence-electron chi connectivity index (χ0n) is 14.9. The number of benzene rings is 1. The van der Waals surface area contributed by atoms with Crippen LogP contribution in [0.25, 0.3) is 0 Å². The molecule has 3 rings (SSSR count). The van der Waals surface area contributed by atoms with Crippen LogP contribution in [0.15, 0.2) is 24.4 Å². The molecule has 1 fully saturated rings. The molecule has 1 aliphatic rings. The summed E-state index contributed by atoms with van der Waals surface area (Å²) in [6, 6.07) is 5.94. The van der Waals surface area contributed by atoms with Crippen molar-refractivity contribution in [3.8, 4) is 11.5 Å². The van der Waals surface area contributed by atoms with Crippen molar-refractivity contribution in [2.75, 3.05) is 19.0 Å². The number of nitrogens with one attached hydrogen (secondary N) is 1. The summed E-state index contributed by atoms with van der Waals surface area (Å²) >= 11 is 6.29. The molecule has 0 aliphatic heterocycles. The predicted molar refractivity (Wildman–Crippen MR) is 99.7 cm³/mol. The van der Waals surface area contributed by atoms with Crippen LogP contribution in [0.2, 0.25) is 5.02 Å². The summed E-state index contributed by atoms with van der Waals surface area (Å²) in [6.07, 6.45) is 4.33. The molecular formula is C18H23ClN4O3. The van der Waals surface area contributed by atoms with Crippen LogP contribution >= 0.6 is 11.6 Å². The lowest BCUT2D eigenvalue weighted by molar-refractivity contribution is -0.119. The summed E-state index contributed by atoms with van der Waals surface area (Å²) < 4.78 is 12.7. The van der Waals surface area contributed by atoms with E-state index in [1.54, 1.807) is 12.3 Å². The molecule has 1 unspecified atom stereocenters. The maximum Gasteiger partial charge on any atom is 0.255 e. The van der Waals surface area contributed by atoms with Crippen molar-refractivity contribution in [2.45, 2.75) is 32.4 Å². The fourth-order valence-corrected chi connectivity index (χ4v) is 3.20. The van der Waals surface area contributed by atoms with E-state index in [-0.39, 0.29) is 6.61 Å². The van der Waals surface area contributed by atoms with Gasteiger partial charge in [-0.3, -0.25) is 4.79 Å². The number of halogens is 1. The highest BCUT2D eigenvalue weighted by atomic mass is 35.5. The first-order valence-electron chi connectivity index (χ1n) is 8.54. The fraction of sp³-hybridized carbons (Fsp3) is 0.444. The second-order valence-electron chi connectivity index (χ2n) is 6.46. The first-order chi connectivity index (χ1) is 12.5. The first-order valence-corrected chi connectivity index (χ1v) is 8.92. The number of aromatic nitrogens is 2. The van der Waals surface area contributed by atoms with Gasteiger partial charge in [0.1, 0.15) is 5.82 Å². The number of ether oxygens (including phenoxy) is 2. The molecule has 1 aliphatic carbocycles. The number of carbonyl (C=O) groups excluding carboxylic acids is 1. The SMILES string of the molecule is COc1cc(CNc2ccnn2C(C)C2CC2)cc(Cl)c1OCC(N)=O. The second kappa shape index (κ2) is 7.86. The summed E-state index contributed by atoms with van der Waals surface area (Å²) in [5, 5.41) is 8.19. The van der Waals surface area contributed by atoms with Crippen molar-refractivity contribution in [3.05, 3.63) is 35.0 Å². The standard InChI is InChI=1S/C18H23ClN4O3/c1-11(13-3-4-13)23-17(5-6-22-23)21-9-12-7-14(19)18(15(8-12)25-2)26-10-16(20)24/h5-8,11,13,21H,3-4,9-10H2,1-2H3,(H2,20,24). The molecule has 1 atom stereocenters. The number of rotatable bonds is 9. The Morgan fingerprint density at radius 1 is 1.50 bits per heavy atom. The number of nitrogens with zero attached hydrogens (tertiary/aromatic N) is 2. The van der Waals surface area contributed by atoms with Crippen LogP contribution in [-0.4, -0.2) is 29.4 Å². The van der Waals surface area contributed by atoms with Gasteiger partial charge in [-0.25, -0.2) is 4.68 Å². The molecule has 0 saturated heterocycles. The summed E-state index contributed by atoms with van der Waals surface area (Å²) in [4.78, 5) is 10.9.